The van der Waals surface area contributed by atoms with Crippen LogP contribution < -0.4 is 5.32 Å². The number of esters is 2. The van der Waals surface area contributed by atoms with E-state index >= 15 is 0 Å². The highest BCUT2D eigenvalue weighted by molar-refractivity contribution is 6.01. The van der Waals surface area contributed by atoms with Crippen molar-refractivity contribution in [2.45, 2.75) is 39.8 Å². The molecule has 0 heterocycles. The lowest BCUT2D eigenvalue weighted by atomic mass is 9.80. The molecule has 1 amide bonds. The van der Waals surface area contributed by atoms with Crippen LogP contribution in [0.3, 0.4) is 0 Å². The molecule has 0 aromatic heterocycles. The van der Waals surface area contributed by atoms with Gasteiger partial charge in [0.05, 0.1) is 19.3 Å². The molecule has 1 N–H and O–H groups in total. The van der Waals surface area contributed by atoms with Gasteiger partial charge < -0.3 is 19.5 Å². The van der Waals surface area contributed by atoms with Crippen molar-refractivity contribution in [1.29, 1.82) is 0 Å². The van der Waals surface area contributed by atoms with Gasteiger partial charge in [-0.3, -0.25) is 9.59 Å². The maximum atomic E-state index is 12.9. The van der Waals surface area contributed by atoms with Crippen LogP contribution in [-0.2, 0) is 30.4 Å². The fourth-order valence-electron chi connectivity index (χ4n) is 3.18. The summed E-state index contributed by atoms with van der Waals surface area (Å²) < 4.78 is 15.7. The first-order chi connectivity index (χ1) is 15.9. The Kier molecular flexibility index (Phi) is 10.1. The van der Waals surface area contributed by atoms with Gasteiger partial charge in [-0.1, -0.05) is 72.8 Å². The predicted molar refractivity (Wildman–Crippen MR) is 125 cm³/mol. The Morgan fingerprint density at radius 2 is 1.42 bits per heavy atom. The molecule has 2 aromatic carbocycles. The van der Waals surface area contributed by atoms with Gasteiger partial charge in [0.1, 0.15) is 6.61 Å². The number of amides is 1. The number of nitrogens with one attached hydrogen (secondary N) is 1. The number of carbonyl (C=O) groups excluding carboxylic acids is 3. The highest BCUT2D eigenvalue weighted by atomic mass is 16.6. The smallest absolute Gasteiger partial charge is 0.407 e. The minimum absolute atomic E-state index is 0.0504. The SMILES string of the molecule is CCOC(=O)C(C)(C(=O)OCC)C(C/C=C/c1ccccc1)NC(=O)OCc1ccccc1. The minimum atomic E-state index is -1.77. The molecule has 0 bridgehead atoms. The minimum Gasteiger partial charge on any atom is -0.465 e. The quantitative estimate of drug-likeness (QED) is 0.306. The molecule has 1 atom stereocenters. The van der Waals surface area contributed by atoms with Crippen LogP contribution in [0.4, 0.5) is 4.79 Å². The molecule has 0 saturated heterocycles. The first-order valence-corrected chi connectivity index (χ1v) is 10.9. The van der Waals surface area contributed by atoms with Crippen molar-refractivity contribution in [1.82, 2.24) is 5.32 Å². The molecular weight excluding hydrogens is 422 g/mol. The first kappa shape index (κ1) is 25.6. The van der Waals surface area contributed by atoms with Gasteiger partial charge in [0, 0.05) is 0 Å². The lowest BCUT2D eigenvalue weighted by Crippen LogP contribution is -2.55. The van der Waals surface area contributed by atoms with Crippen LogP contribution in [0.1, 0.15) is 38.3 Å². The second-order valence-corrected chi connectivity index (χ2v) is 7.45. The van der Waals surface area contributed by atoms with Crippen LogP contribution in [-0.4, -0.2) is 37.3 Å². The molecule has 0 aliphatic rings. The Morgan fingerprint density at radius 1 is 0.879 bits per heavy atom. The number of benzene rings is 2. The monoisotopic (exact) mass is 453 g/mol. The van der Waals surface area contributed by atoms with E-state index in [1.165, 1.54) is 6.92 Å². The lowest BCUT2D eigenvalue weighted by molar-refractivity contribution is -0.172. The van der Waals surface area contributed by atoms with Crippen LogP contribution in [0.25, 0.3) is 6.08 Å². The van der Waals surface area contributed by atoms with Gasteiger partial charge in [-0.05, 0) is 38.3 Å². The molecule has 0 fully saturated rings. The molecule has 0 aliphatic heterocycles. The van der Waals surface area contributed by atoms with E-state index in [4.69, 9.17) is 14.2 Å². The van der Waals surface area contributed by atoms with Crippen molar-refractivity contribution in [2.75, 3.05) is 13.2 Å². The molecule has 33 heavy (non-hydrogen) atoms. The normalized spacial score (nSPS) is 12.1. The zero-order chi connectivity index (χ0) is 24.1. The fraction of sp³-hybridized carbons (Fsp3) is 0.346. The van der Waals surface area contributed by atoms with Crippen molar-refractivity contribution in [3.63, 3.8) is 0 Å². The highest BCUT2D eigenvalue weighted by Crippen LogP contribution is 2.29. The molecule has 2 aromatic rings. The van der Waals surface area contributed by atoms with Gasteiger partial charge in [-0.15, -0.1) is 0 Å². The van der Waals surface area contributed by atoms with Gasteiger partial charge in [0.25, 0.3) is 0 Å². The van der Waals surface area contributed by atoms with Crippen molar-refractivity contribution in [2.24, 2.45) is 5.41 Å². The molecule has 0 radical (unpaired) electrons. The molecule has 0 saturated carbocycles. The van der Waals surface area contributed by atoms with Crippen molar-refractivity contribution >= 4 is 24.1 Å². The van der Waals surface area contributed by atoms with Crippen molar-refractivity contribution < 1.29 is 28.6 Å². The zero-order valence-electron chi connectivity index (χ0n) is 19.3. The third-order valence-corrected chi connectivity index (χ3v) is 5.08. The highest BCUT2D eigenvalue weighted by Gasteiger charge is 2.51. The third kappa shape index (κ3) is 7.49. The maximum Gasteiger partial charge on any atom is 0.407 e. The van der Waals surface area contributed by atoms with Gasteiger partial charge in [0.2, 0.25) is 0 Å². The van der Waals surface area contributed by atoms with E-state index < -0.39 is 29.5 Å². The summed E-state index contributed by atoms with van der Waals surface area (Å²) in [6.07, 6.45) is 3.05. The summed E-state index contributed by atoms with van der Waals surface area (Å²) in [5, 5.41) is 2.68. The van der Waals surface area contributed by atoms with E-state index in [0.29, 0.717) is 0 Å². The lowest BCUT2D eigenvalue weighted by Gasteiger charge is -2.33. The second kappa shape index (κ2) is 13.1. The van der Waals surface area contributed by atoms with Crippen molar-refractivity contribution in [3.8, 4) is 0 Å². The van der Waals surface area contributed by atoms with Gasteiger partial charge >= 0.3 is 18.0 Å². The summed E-state index contributed by atoms with van der Waals surface area (Å²) >= 11 is 0. The Morgan fingerprint density at radius 3 is 1.97 bits per heavy atom. The van der Waals surface area contributed by atoms with Gasteiger partial charge in [0.15, 0.2) is 5.41 Å². The molecule has 1 unspecified atom stereocenters. The topological polar surface area (TPSA) is 90.9 Å². The van der Waals surface area contributed by atoms with Crippen LogP contribution in [0.2, 0.25) is 0 Å². The third-order valence-electron chi connectivity index (χ3n) is 5.08. The molecule has 176 valence electrons. The largest absolute Gasteiger partial charge is 0.465 e. The number of ether oxygens (including phenoxy) is 3. The Balaban J connectivity index is 2.25. The molecule has 0 aliphatic carbocycles. The molecule has 0 spiro atoms. The van der Waals surface area contributed by atoms with E-state index in [0.717, 1.165) is 11.1 Å². The Hall–Kier alpha value is -3.61. The van der Waals surface area contributed by atoms with E-state index in [1.54, 1.807) is 19.9 Å². The van der Waals surface area contributed by atoms with E-state index in [1.807, 2.05) is 66.7 Å². The fourth-order valence-corrected chi connectivity index (χ4v) is 3.18. The molecular formula is C26H31NO6. The van der Waals surface area contributed by atoms with Gasteiger partial charge in [-0.25, -0.2) is 4.79 Å². The number of hydrogen-bond donors (Lipinski definition) is 1. The van der Waals surface area contributed by atoms with Crippen LogP contribution in [0.15, 0.2) is 66.7 Å². The van der Waals surface area contributed by atoms with Crippen LogP contribution in [0.5, 0.6) is 0 Å². The second-order valence-electron chi connectivity index (χ2n) is 7.45. The summed E-state index contributed by atoms with van der Waals surface area (Å²) in [7, 11) is 0. The number of rotatable bonds is 11. The molecule has 7 heteroatoms. The van der Waals surface area contributed by atoms with Crippen LogP contribution >= 0.6 is 0 Å². The summed E-state index contributed by atoms with van der Waals surface area (Å²) in [4.78, 5) is 38.4. The van der Waals surface area contributed by atoms with Gasteiger partial charge in [-0.2, -0.15) is 0 Å². The number of carbonyl (C=O) groups is 3. The predicted octanol–water partition coefficient (Wildman–Crippen LogP) is 4.52. The van der Waals surface area contributed by atoms with Crippen molar-refractivity contribution in [3.05, 3.63) is 77.9 Å². The number of hydrogen-bond acceptors (Lipinski definition) is 6. The van der Waals surface area contributed by atoms with E-state index in [9.17, 15) is 14.4 Å². The Bertz CT molecular complexity index is 908. The van der Waals surface area contributed by atoms with Crippen LogP contribution in [0, 0.1) is 5.41 Å². The molecule has 7 nitrogen and oxygen atoms in total. The maximum absolute atomic E-state index is 12.9. The summed E-state index contributed by atoms with van der Waals surface area (Å²) in [6.45, 7) is 4.93. The van der Waals surface area contributed by atoms with E-state index in [2.05, 4.69) is 5.32 Å². The number of alkyl carbamates (subject to hydrolysis) is 1. The zero-order valence-corrected chi connectivity index (χ0v) is 19.3. The Labute approximate surface area is 194 Å². The first-order valence-electron chi connectivity index (χ1n) is 10.9. The summed E-state index contributed by atoms with van der Waals surface area (Å²) in [5.74, 6) is -1.55. The van der Waals surface area contributed by atoms with E-state index in [-0.39, 0.29) is 26.2 Å². The standard InChI is InChI=1S/C26H31NO6/c1-4-31-23(28)26(3,24(29)32-5-2)22(18-12-17-20-13-8-6-9-14-20)27-25(30)33-19-21-15-10-7-11-16-21/h6-17,22H,4-5,18-19H2,1-3H3,(H,27,30)/b17-12+. The summed E-state index contributed by atoms with van der Waals surface area (Å²) in [5.41, 5.74) is -0.0117. The molecule has 2 rings (SSSR count). The average Bonchev–Trinajstić information content (AvgIpc) is 2.83. The average molecular weight is 454 g/mol. The summed E-state index contributed by atoms with van der Waals surface area (Å²) in [6, 6.07) is 17.8.